The zero-order chi connectivity index (χ0) is 11.4. The van der Waals surface area contributed by atoms with Crippen molar-refractivity contribution in [1.82, 2.24) is 4.98 Å². The van der Waals surface area contributed by atoms with E-state index in [-0.39, 0.29) is 0 Å². The fourth-order valence-electron chi connectivity index (χ4n) is 1.21. The first-order valence-corrected chi connectivity index (χ1v) is 5.36. The molecule has 0 atom stereocenters. The van der Waals surface area contributed by atoms with Crippen molar-refractivity contribution in [2.24, 2.45) is 21.3 Å². The van der Waals surface area contributed by atoms with Crippen molar-refractivity contribution in [3.63, 3.8) is 0 Å². The molecule has 0 unspecified atom stereocenters. The lowest BCUT2D eigenvalue weighted by molar-refractivity contribution is 1.14. The van der Waals surface area contributed by atoms with Crippen molar-refractivity contribution in [3.05, 3.63) is 23.8 Å². The Bertz CT molecular complexity index is 544. The van der Waals surface area contributed by atoms with Gasteiger partial charge in [-0.1, -0.05) is 22.6 Å². The molecule has 6 nitrogen and oxygen atoms in total. The molecule has 0 radical (unpaired) electrons. The van der Waals surface area contributed by atoms with Crippen LogP contribution in [0, 0.1) is 6.92 Å². The molecule has 1 aromatic carbocycles. The Kier molecular flexibility index (Phi) is 3.06. The monoisotopic (exact) mass is 234 g/mol. The number of hydrazone groups is 1. The van der Waals surface area contributed by atoms with Crippen LogP contribution in [0.25, 0.3) is 10.2 Å². The second-order valence-corrected chi connectivity index (χ2v) is 4.11. The minimum atomic E-state index is 0.690. The van der Waals surface area contributed by atoms with Gasteiger partial charge in [0.15, 0.2) is 6.34 Å². The van der Waals surface area contributed by atoms with Gasteiger partial charge in [-0.2, -0.15) is 5.10 Å². The zero-order valence-corrected chi connectivity index (χ0v) is 9.40. The molecule has 2 rings (SSSR count). The van der Waals surface area contributed by atoms with Gasteiger partial charge in [0.2, 0.25) is 5.13 Å². The Morgan fingerprint density at radius 3 is 3.19 bits per heavy atom. The largest absolute Gasteiger partial charge is 0.322 e. The molecule has 7 heteroatoms. The van der Waals surface area contributed by atoms with Gasteiger partial charge >= 0.3 is 0 Å². The Morgan fingerprint density at radius 2 is 2.38 bits per heavy atom. The van der Waals surface area contributed by atoms with Crippen LogP contribution in [0.3, 0.4) is 0 Å². The summed E-state index contributed by atoms with van der Waals surface area (Å²) >= 11 is 1.52. The highest BCUT2D eigenvalue weighted by Gasteiger charge is 2.02. The van der Waals surface area contributed by atoms with E-state index in [9.17, 15) is 0 Å². The number of thiazole rings is 1. The SMILES string of the molecule is Cc1ccc2nc(NN=N/C=N/N)sc2c1. The summed E-state index contributed by atoms with van der Waals surface area (Å²) in [7, 11) is 0. The van der Waals surface area contributed by atoms with Gasteiger partial charge in [-0.25, -0.2) is 10.4 Å². The van der Waals surface area contributed by atoms with E-state index in [0.717, 1.165) is 16.6 Å². The smallest absolute Gasteiger partial charge is 0.205 e. The van der Waals surface area contributed by atoms with Crippen LogP contribution in [0.1, 0.15) is 5.56 Å². The van der Waals surface area contributed by atoms with E-state index in [1.54, 1.807) is 0 Å². The molecule has 0 aliphatic heterocycles. The van der Waals surface area contributed by atoms with Crippen LogP contribution >= 0.6 is 11.3 Å². The van der Waals surface area contributed by atoms with Gasteiger partial charge < -0.3 is 5.84 Å². The van der Waals surface area contributed by atoms with Crippen LogP contribution < -0.4 is 11.3 Å². The normalized spacial score (nSPS) is 11.8. The van der Waals surface area contributed by atoms with Crippen molar-refractivity contribution >= 4 is 33.0 Å². The van der Waals surface area contributed by atoms with Crippen molar-refractivity contribution in [2.75, 3.05) is 5.43 Å². The van der Waals surface area contributed by atoms with Crippen molar-refractivity contribution < 1.29 is 0 Å². The van der Waals surface area contributed by atoms with Gasteiger partial charge in [0, 0.05) is 0 Å². The van der Waals surface area contributed by atoms with E-state index in [1.165, 1.54) is 16.9 Å². The lowest BCUT2D eigenvalue weighted by atomic mass is 10.2. The second-order valence-electron chi connectivity index (χ2n) is 3.08. The van der Waals surface area contributed by atoms with Gasteiger partial charge in [0.25, 0.3) is 0 Å². The molecule has 3 N–H and O–H groups in total. The number of hydrogen-bond acceptors (Lipinski definition) is 5. The van der Waals surface area contributed by atoms with Crippen LogP contribution in [0.2, 0.25) is 0 Å². The number of nitrogens with zero attached hydrogens (tertiary/aromatic N) is 4. The maximum absolute atomic E-state index is 4.86. The molecule has 0 amide bonds. The van der Waals surface area contributed by atoms with Gasteiger partial charge in [0.05, 0.1) is 10.2 Å². The predicted molar refractivity (Wildman–Crippen MR) is 65.5 cm³/mol. The Balaban J connectivity index is 2.19. The summed E-state index contributed by atoms with van der Waals surface area (Å²) < 4.78 is 1.12. The van der Waals surface area contributed by atoms with E-state index >= 15 is 0 Å². The molecule has 0 saturated carbocycles. The first-order chi connectivity index (χ1) is 7.79. The summed E-state index contributed by atoms with van der Waals surface area (Å²) in [5, 5.41) is 11.0. The summed E-state index contributed by atoms with van der Waals surface area (Å²) in [6.45, 7) is 2.05. The summed E-state index contributed by atoms with van der Waals surface area (Å²) in [4.78, 5) is 4.33. The third-order valence-electron chi connectivity index (χ3n) is 1.87. The number of fused-ring (bicyclic) bond motifs is 1. The topological polar surface area (TPSA) is 88.0 Å². The van der Waals surface area contributed by atoms with E-state index in [4.69, 9.17) is 5.84 Å². The van der Waals surface area contributed by atoms with Crippen molar-refractivity contribution in [3.8, 4) is 0 Å². The van der Waals surface area contributed by atoms with Gasteiger partial charge in [-0.15, -0.1) is 5.11 Å². The fraction of sp³-hybridized carbons (Fsp3) is 0.111. The highest BCUT2D eigenvalue weighted by molar-refractivity contribution is 7.22. The van der Waals surface area contributed by atoms with Crippen LogP contribution in [0.15, 0.2) is 33.6 Å². The summed E-state index contributed by atoms with van der Waals surface area (Å²) in [6, 6.07) is 6.08. The summed E-state index contributed by atoms with van der Waals surface area (Å²) in [5.74, 6) is 4.86. The Labute approximate surface area is 95.9 Å². The highest BCUT2D eigenvalue weighted by atomic mass is 32.1. The highest BCUT2D eigenvalue weighted by Crippen LogP contribution is 2.26. The minimum Gasteiger partial charge on any atom is -0.322 e. The van der Waals surface area contributed by atoms with E-state index in [0.29, 0.717) is 5.13 Å². The average Bonchev–Trinajstić information content (AvgIpc) is 2.66. The van der Waals surface area contributed by atoms with E-state index in [1.807, 2.05) is 19.1 Å². The average molecular weight is 234 g/mol. The van der Waals surface area contributed by atoms with Gasteiger partial charge in [-0.05, 0) is 24.6 Å². The fourth-order valence-corrected chi connectivity index (χ4v) is 2.11. The third-order valence-corrected chi connectivity index (χ3v) is 2.79. The second kappa shape index (κ2) is 4.67. The first kappa shape index (κ1) is 10.5. The number of nitrogens with one attached hydrogen (secondary N) is 1. The predicted octanol–water partition coefficient (Wildman–Crippen LogP) is 2.29. The van der Waals surface area contributed by atoms with Crippen LogP contribution in [-0.4, -0.2) is 11.3 Å². The number of hydrogen-bond donors (Lipinski definition) is 2. The standard InChI is InChI=1S/C9H10N6S/c1-6-2-3-7-8(4-6)16-9(13-7)14-15-12-5-11-10/h2-5H,10H2,1H3,(H,11,12,13,14). The molecule has 16 heavy (non-hydrogen) atoms. The molecule has 1 aromatic heterocycles. The van der Waals surface area contributed by atoms with Crippen LogP contribution in [0.5, 0.6) is 0 Å². The summed E-state index contributed by atoms with van der Waals surface area (Å²) in [5.41, 5.74) is 4.86. The number of benzene rings is 1. The molecule has 0 saturated heterocycles. The van der Waals surface area contributed by atoms with E-state index in [2.05, 4.69) is 31.9 Å². The Hall–Kier alpha value is -2.02. The maximum atomic E-state index is 4.86. The number of aromatic nitrogens is 1. The van der Waals surface area contributed by atoms with E-state index < -0.39 is 0 Å². The third kappa shape index (κ3) is 2.31. The van der Waals surface area contributed by atoms with Crippen LogP contribution in [-0.2, 0) is 0 Å². The molecule has 82 valence electrons. The molecule has 0 aliphatic rings. The lowest BCUT2D eigenvalue weighted by Gasteiger charge is -1.88. The molecule has 0 bridgehead atoms. The number of anilines is 1. The Morgan fingerprint density at radius 1 is 1.50 bits per heavy atom. The molecule has 0 spiro atoms. The van der Waals surface area contributed by atoms with Crippen LogP contribution in [0.4, 0.5) is 5.13 Å². The number of rotatable bonds is 3. The van der Waals surface area contributed by atoms with Crippen molar-refractivity contribution in [1.29, 1.82) is 0 Å². The molecule has 0 fully saturated rings. The first-order valence-electron chi connectivity index (χ1n) is 4.54. The molecule has 2 aromatic rings. The minimum absolute atomic E-state index is 0.690. The zero-order valence-electron chi connectivity index (χ0n) is 8.58. The quantitative estimate of drug-likeness (QED) is 0.281. The molecular formula is C9H10N6S. The molecular weight excluding hydrogens is 224 g/mol. The number of aryl methyl sites for hydroxylation is 1. The van der Waals surface area contributed by atoms with Gasteiger partial charge in [0.1, 0.15) is 0 Å². The van der Waals surface area contributed by atoms with Crippen molar-refractivity contribution in [2.45, 2.75) is 6.92 Å². The summed E-state index contributed by atoms with van der Waals surface area (Å²) in [6.07, 6.45) is 1.14. The molecule has 0 aliphatic carbocycles. The lowest BCUT2D eigenvalue weighted by Crippen LogP contribution is -1.85. The number of nitrogens with two attached hydrogens (primary N) is 1. The molecule has 1 heterocycles. The van der Waals surface area contributed by atoms with Gasteiger partial charge in [-0.3, -0.25) is 0 Å². The maximum Gasteiger partial charge on any atom is 0.205 e.